The first-order valence-corrected chi connectivity index (χ1v) is 35.5. The van der Waals surface area contributed by atoms with Gasteiger partial charge in [0.2, 0.25) is 0 Å². The molecule has 4 atom stereocenters. The van der Waals surface area contributed by atoms with Gasteiger partial charge < -0.3 is 53.7 Å². The standard InChI is InChI=1S/C20H20F2N4O3.C18H15F3N4O4.2C18H17F2N5O3/c1-12-8-17(23-9-12)24-10-14-11-26(20(28)29-14)16-3-2-15(18(21)19(16)22)25-6-4-13(27)5-7-25;19-12-7-13(15(20)16(21)17(12)24-4-1-10(26)2-5-24)25-9-11(29-18(25)27)8-22-14-3-6-28-23-14;2*1-11-8-24(22-21-11)9-13-10-25(18(27)28-13)15-3-2-14(16(19)17(15)20)23-6-4-12(26)5-7-23/h2-4,6,8,14H,5,7,9-11H2,1H3,(H,23,24);1,3-4,6-7,11H,2,5,8-9H2,(H,22,23);2*2-4,6,8,13H,5,7,9-10H2,1H3/t14-;11-;2*13-/m0000/s1. The zero-order chi connectivity index (χ0) is 80.8. The Balaban J connectivity index is 0.000000133. The summed E-state index contributed by atoms with van der Waals surface area (Å²) in [6, 6.07) is 10.5. The van der Waals surface area contributed by atoms with E-state index in [1.807, 2.05) is 13.0 Å². The number of aromatic nitrogens is 7. The van der Waals surface area contributed by atoms with E-state index in [0.29, 0.717) is 24.7 Å². The number of carbonyl (C=O) groups is 8. The van der Waals surface area contributed by atoms with Crippen molar-refractivity contribution in [2.75, 3.05) is 117 Å². The molecule has 4 saturated heterocycles. The Morgan fingerprint density at radius 2 is 0.789 bits per heavy atom. The quantitative estimate of drug-likeness (QED) is 0.0486. The molecule has 0 spiro atoms. The van der Waals surface area contributed by atoms with Crippen LogP contribution in [0, 0.1) is 66.2 Å². The number of rotatable bonds is 17. The molecule has 4 fully saturated rings. The monoisotopic (exact) mass is 1590 g/mol. The van der Waals surface area contributed by atoms with Gasteiger partial charge in [-0.3, -0.25) is 43.8 Å². The molecule has 596 valence electrons. The fourth-order valence-corrected chi connectivity index (χ4v) is 13.0. The lowest BCUT2D eigenvalue weighted by molar-refractivity contribution is -0.115. The summed E-state index contributed by atoms with van der Waals surface area (Å²) >= 11 is 0. The van der Waals surface area contributed by atoms with Crippen molar-refractivity contribution < 1.29 is 101 Å². The number of cyclic esters (lactones) is 4. The first-order chi connectivity index (χ1) is 54.7. The number of nitrogens with zero attached hydrogens (tertiary/aromatic N) is 16. The Kier molecular flexibility index (Phi) is 23.6. The number of nitrogens with one attached hydrogen (secondary N) is 2. The Hall–Kier alpha value is -13.3. The van der Waals surface area contributed by atoms with Crippen molar-refractivity contribution in [3.63, 3.8) is 0 Å². The van der Waals surface area contributed by atoms with Crippen molar-refractivity contribution in [1.29, 1.82) is 0 Å². The number of allylic oxidation sites excluding steroid dienone is 4. The Morgan fingerprint density at radius 1 is 0.430 bits per heavy atom. The zero-order valence-corrected chi connectivity index (χ0v) is 60.7. The molecule has 9 aliphatic heterocycles. The van der Waals surface area contributed by atoms with Gasteiger partial charge in [0, 0.05) is 101 Å². The molecule has 40 heteroatoms. The predicted octanol–water partition coefficient (Wildman–Crippen LogP) is 9.72. The van der Waals surface area contributed by atoms with E-state index in [9.17, 15) is 77.9 Å². The number of benzene rings is 4. The van der Waals surface area contributed by atoms with E-state index in [1.165, 1.54) is 116 Å². The average Bonchev–Trinajstić information content (AvgIpc) is 1.60. The van der Waals surface area contributed by atoms with Gasteiger partial charge in [-0.05, 0) is 93.1 Å². The number of carbonyl (C=O) groups excluding carboxylic acids is 8. The first-order valence-electron chi connectivity index (χ1n) is 35.5. The van der Waals surface area contributed by atoms with Crippen LogP contribution in [-0.2, 0) is 51.2 Å². The number of amides is 4. The van der Waals surface area contributed by atoms with Crippen molar-refractivity contribution in [3.8, 4) is 0 Å². The summed E-state index contributed by atoms with van der Waals surface area (Å²) in [5, 5.41) is 25.1. The smallest absolute Gasteiger partial charge is 0.414 e. The second-order valence-electron chi connectivity index (χ2n) is 26.9. The fourth-order valence-electron chi connectivity index (χ4n) is 13.0. The van der Waals surface area contributed by atoms with Crippen LogP contribution < -0.4 is 49.8 Å². The highest BCUT2D eigenvalue weighted by Crippen LogP contribution is 2.39. The second-order valence-corrected chi connectivity index (χ2v) is 26.9. The molecule has 114 heavy (non-hydrogen) atoms. The van der Waals surface area contributed by atoms with E-state index in [4.69, 9.17) is 18.9 Å². The Bertz CT molecular complexity index is 4980. The lowest BCUT2D eigenvalue weighted by Crippen LogP contribution is -2.33. The maximum absolute atomic E-state index is 14.7. The van der Waals surface area contributed by atoms with E-state index in [2.05, 4.69) is 45.9 Å². The summed E-state index contributed by atoms with van der Waals surface area (Å²) in [6.45, 7) is 8.06. The van der Waals surface area contributed by atoms with Gasteiger partial charge in [-0.15, -0.1) is 10.2 Å². The van der Waals surface area contributed by atoms with Crippen LogP contribution in [0.3, 0.4) is 0 Å². The number of amidine groups is 1. The van der Waals surface area contributed by atoms with E-state index >= 15 is 0 Å². The van der Waals surface area contributed by atoms with Gasteiger partial charge in [0.1, 0.15) is 42.2 Å². The molecule has 4 amide bonds. The molecule has 9 aliphatic rings. The van der Waals surface area contributed by atoms with Crippen LogP contribution in [-0.4, -0.2) is 185 Å². The fraction of sp³-hybridized carbons (Fsp3) is 0.324. The molecular formula is C74H69F9N18O13. The van der Waals surface area contributed by atoms with Gasteiger partial charge in [0.15, 0.2) is 81.3 Å². The highest BCUT2D eigenvalue weighted by molar-refractivity contribution is 5.97. The maximum Gasteiger partial charge on any atom is 0.414 e. The second kappa shape index (κ2) is 34.1. The van der Waals surface area contributed by atoms with Crippen molar-refractivity contribution >= 4 is 105 Å². The minimum absolute atomic E-state index is 0.00667. The van der Waals surface area contributed by atoms with E-state index < -0.39 is 113 Å². The highest BCUT2D eigenvalue weighted by atomic mass is 19.2. The summed E-state index contributed by atoms with van der Waals surface area (Å²) in [6.07, 6.45) is 12.5. The number of ether oxygens (including phenoxy) is 4. The number of aryl methyl sites for hydroxylation is 2. The van der Waals surface area contributed by atoms with Gasteiger partial charge in [-0.1, -0.05) is 15.6 Å². The number of halogens is 9. The number of aliphatic imine (C=N–C) groups is 1. The van der Waals surface area contributed by atoms with Crippen LogP contribution in [0.1, 0.15) is 44.0 Å². The van der Waals surface area contributed by atoms with Crippen LogP contribution >= 0.6 is 0 Å². The van der Waals surface area contributed by atoms with E-state index in [1.54, 1.807) is 32.3 Å². The van der Waals surface area contributed by atoms with Gasteiger partial charge in [0.05, 0.1) is 110 Å². The third-order valence-corrected chi connectivity index (χ3v) is 18.7. The van der Waals surface area contributed by atoms with Crippen molar-refractivity contribution in [2.24, 2.45) is 4.99 Å². The lowest BCUT2D eigenvalue weighted by atomic mass is 10.1. The van der Waals surface area contributed by atoms with Crippen LogP contribution in [0.2, 0.25) is 0 Å². The molecule has 0 bridgehead atoms. The van der Waals surface area contributed by atoms with Gasteiger partial charge in [-0.2, -0.15) is 0 Å². The van der Waals surface area contributed by atoms with Crippen LogP contribution in [0.15, 0.2) is 137 Å². The largest absolute Gasteiger partial charge is 0.442 e. The van der Waals surface area contributed by atoms with Crippen molar-refractivity contribution in [2.45, 2.75) is 84.0 Å². The molecule has 16 rings (SSSR count). The predicted molar refractivity (Wildman–Crippen MR) is 389 cm³/mol. The molecular weight excluding hydrogens is 1520 g/mol. The van der Waals surface area contributed by atoms with Crippen molar-refractivity contribution in [1.82, 2.24) is 40.5 Å². The number of anilines is 9. The highest BCUT2D eigenvalue weighted by Gasteiger charge is 2.41. The third kappa shape index (κ3) is 17.8. The topological polar surface area (TPSA) is 323 Å². The summed E-state index contributed by atoms with van der Waals surface area (Å²) < 4.78 is 161. The van der Waals surface area contributed by atoms with Gasteiger partial charge >= 0.3 is 24.4 Å². The Labute approximate surface area is 641 Å². The normalized spacial score (nSPS) is 19.9. The minimum Gasteiger partial charge on any atom is -0.442 e. The van der Waals surface area contributed by atoms with Crippen LogP contribution in [0.5, 0.6) is 0 Å². The average molecular weight is 1590 g/mol. The maximum atomic E-state index is 14.7. The lowest BCUT2D eigenvalue weighted by Gasteiger charge is -2.25. The molecule has 12 heterocycles. The van der Waals surface area contributed by atoms with Gasteiger partial charge in [0.25, 0.3) is 0 Å². The van der Waals surface area contributed by atoms with E-state index in [0.717, 1.165) is 47.5 Å². The first kappa shape index (κ1) is 78.8. The van der Waals surface area contributed by atoms with Crippen LogP contribution in [0.25, 0.3) is 0 Å². The summed E-state index contributed by atoms with van der Waals surface area (Å²) in [4.78, 5) is 108. The molecule has 3 aromatic heterocycles. The summed E-state index contributed by atoms with van der Waals surface area (Å²) in [5.74, 6) is -9.80. The van der Waals surface area contributed by atoms with Gasteiger partial charge in [-0.25, -0.2) is 68.1 Å². The summed E-state index contributed by atoms with van der Waals surface area (Å²) in [7, 11) is 0. The SMILES string of the molecule is CC1=CC(NC[C@H]2CN(c3ccc(N4C=CC(=O)CC4)c(F)c3F)C(=O)O2)=NC1.Cc1cn(C[C@H]2CN(c3ccc(N4C=CC(=O)CC4)c(F)c3F)C(=O)O2)nn1.Cc1cn(C[C@H]2CN(c3ccc(N4C=CC(=O)CC4)c(F)c3F)C(=O)O2)nn1.O=C1C=CN(c2c(F)cc(N3C[C@H](CNc4ccon4)OC3=O)c(F)c2F)CC1. The van der Waals surface area contributed by atoms with Crippen LogP contribution in [0.4, 0.5) is 110 Å². The summed E-state index contributed by atoms with van der Waals surface area (Å²) in [5.41, 5.74) is 0.855. The number of hydrogen-bond acceptors (Lipinski definition) is 25. The molecule has 31 nitrogen and oxygen atoms in total. The Morgan fingerprint density at radius 3 is 1.15 bits per heavy atom. The number of hydrogen-bond donors (Lipinski definition) is 2. The molecule has 2 N–H and O–H groups in total. The minimum atomic E-state index is -1.45. The number of ketones is 4. The molecule has 4 aromatic carbocycles. The van der Waals surface area contributed by atoms with Crippen molar-refractivity contribution in [3.05, 3.63) is 192 Å². The van der Waals surface area contributed by atoms with E-state index in [-0.39, 0.29) is 155 Å². The molecule has 0 aliphatic carbocycles. The molecule has 0 saturated carbocycles. The molecule has 7 aromatic rings. The third-order valence-electron chi connectivity index (χ3n) is 18.7. The molecule has 0 unspecified atom stereocenters. The zero-order valence-electron chi connectivity index (χ0n) is 60.7. The molecule has 0 radical (unpaired) electrons.